The molecular weight excluding hydrogens is 442 g/mol. The Morgan fingerprint density at radius 3 is 2.66 bits per heavy atom. The number of hydrogen-bond acceptors (Lipinski definition) is 6. The smallest absolute Gasteiger partial charge is 0.257 e. The van der Waals surface area contributed by atoms with Crippen molar-refractivity contribution < 1.29 is 14.3 Å². The number of hydrogen-bond donors (Lipinski definition) is 2. The number of para-hydroxylation sites is 1. The fraction of sp³-hybridized carbons (Fsp3) is 0.125. The number of carbonyl (C=O) groups excluding carboxylic acids is 1. The van der Waals surface area contributed by atoms with Crippen LogP contribution < -0.4 is 20.1 Å². The number of aromatic nitrogens is 1. The van der Waals surface area contributed by atoms with Gasteiger partial charge >= 0.3 is 0 Å². The number of rotatable bonds is 3. The van der Waals surface area contributed by atoms with Crippen LogP contribution in [-0.4, -0.2) is 29.2 Å². The number of benzene rings is 3. The van der Waals surface area contributed by atoms with E-state index in [1.165, 1.54) is 0 Å². The first-order valence-corrected chi connectivity index (χ1v) is 11.3. The molecule has 1 aliphatic rings. The summed E-state index contributed by atoms with van der Waals surface area (Å²) >= 11 is 7.01. The first-order chi connectivity index (χ1) is 15.6. The van der Waals surface area contributed by atoms with Crippen LogP contribution in [0.2, 0.25) is 0 Å². The maximum atomic E-state index is 12.6. The van der Waals surface area contributed by atoms with E-state index >= 15 is 0 Å². The molecule has 1 aliphatic heterocycles. The van der Waals surface area contributed by atoms with Gasteiger partial charge < -0.3 is 14.8 Å². The van der Waals surface area contributed by atoms with Crippen LogP contribution in [0.25, 0.3) is 20.8 Å². The molecule has 1 amide bonds. The van der Waals surface area contributed by atoms with Crippen LogP contribution in [0, 0.1) is 6.92 Å². The molecule has 0 spiro atoms. The van der Waals surface area contributed by atoms with E-state index in [-0.39, 0.29) is 11.0 Å². The molecular formula is C24H19N3O3S2. The van der Waals surface area contributed by atoms with Crippen molar-refractivity contribution in [2.45, 2.75) is 6.92 Å². The molecule has 0 unspecified atom stereocenters. The largest absolute Gasteiger partial charge is 0.486 e. The van der Waals surface area contributed by atoms with Gasteiger partial charge in [0.2, 0.25) is 0 Å². The molecule has 2 N–H and O–H groups in total. The summed E-state index contributed by atoms with van der Waals surface area (Å²) < 4.78 is 12.2. The average Bonchev–Trinajstić information content (AvgIpc) is 3.24. The number of anilines is 1. The van der Waals surface area contributed by atoms with Gasteiger partial charge in [-0.3, -0.25) is 10.1 Å². The topological polar surface area (TPSA) is 72.5 Å². The second-order valence-corrected chi connectivity index (χ2v) is 8.72. The van der Waals surface area contributed by atoms with E-state index in [9.17, 15) is 4.79 Å². The summed E-state index contributed by atoms with van der Waals surface area (Å²) in [6.07, 6.45) is 0. The van der Waals surface area contributed by atoms with Crippen LogP contribution in [0.5, 0.6) is 11.5 Å². The lowest BCUT2D eigenvalue weighted by Crippen LogP contribution is -2.34. The fourth-order valence-electron chi connectivity index (χ4n) is 3.45. The summed E-state index contributed by atoms with van der Waals surface area (Å²) in [7, 11) is 0. The van der Waals surface area contributed by atoms with Crippen LogP contribution in [-0.2, 0) is 0 Å². The number of ether oxygens (including phenoxy) is 2. The second kappa shape index (κ2) is 8.57. The van der Waals surface area contributed by atoms with Gasteiger partial charge in [-0.15, -0.1) is 11.3 Å². The molecule has 160 valence electrons. The monoisotopic (exact) mass is 461 g/mol. The van der Waals surface area contributed by atoms with Crippen molar-refractivity contribution >= 4 is 50.5 Å². The highest BCUT2D eigenvalue weighted by Gasteiger charge is 2.16. The predicted molar refractivity (Wildman–Crippen MR) is 131 cm³/mol. The number of nitrogens with zero attached hydrogens (tertiary/aromatic N) is 1. The van der Waals surface area contributed by atoms with E-state index in [2.05, 4.69) is 22.8 Å². The van der Waals surface area contributed by atoms with Crippen molar-refractivity contribution in [3.8, 4) is 22.1 Å². The summed E-state index contributed by atoms with van der Waals surface area (Å²) in [5.41, 5.74) is 4.30. The SMILES string of the molecule is Cc1cc(-c2nc3ccccc3s2)ccc1NC(=S)NC(=O)c1ccc2c(c1)OCCO2. The fourth-order valence-corrected chi connectivity index (χ4v) is 4.61. The third-order valence-electron chi connectivity index (χ3n) is 5.05. The molecule has 0 saturated carbocycles. The molecule has 0 aliphatic carbocycles. The van der Waals surface area contributed by atoms with Crippen LogP contribution >= 0.6 is 23.6 Å². The van der Waals surface area contributed by atoms with Crippen molar-refractivity contribution in [3.05, 3.63) is 71.8 Å². The van der Waals surface area contributed by atoms with Gasteiger partial charge in [0.1, 0.15) is 18.2 Å². The number of carbonyl (C=O) groups is 1. The molecule has 6 nitrogen and oxygen atoms in total. The lowest BCUT2D eigenvalue weighted by Gasteiger charge is -2.19. The molecule has 2 heterocycles. The van der Waals surface area contributed by atoms with Gasteiger partial charge in [0.15, 0.2) is 16.6 Å². The zero-order valence-electron chi connectivity index (χ0n) is 17.2. The second-order valence-electron chi connectivity index (χ2n) is 7.28. The van der Waals surface area contributed by atoms with Gasteiger partial charge in [-0.2, -0.15) is 0 Å². The van der Waals surface area contributed by atoms with E-state index in [0.717, 1.165) is 32.0 Å². The minimum Gasteiger partial charge on any atom is -0.486 e. The number of fused-ring (bicyclic) bond motifs is 2. The molecule has 32 heavy (non-hydrogen) atoms. The Kier molecular flexibility index (Phi) is 5.46. The number of nitrogens with one attached hydrogen (secondary N) is 2. The van der Waals surface area contributed by atoms with E-state index in [0.29, 0.717) is 30.3 Å². The third-order valence-corrected chi connectivity index (χ3v) is 6.34. The van der Waals surface area contributed by atoms with Gasteiger partial charge in [0.25, 0.3) is 5.91 Å². The van der Waals surface area contributed by atoms with Gasteiger partial charge in [0, 0.05) is 16.8 Å². The van der Waals surface area contributed by atoms with Gasteiger partial charge in [-0.1, -0.05) is 12.1 Å². The Morgan fingerprint density at radius 2 is 1.84 bits per heavy atom. The summed E-state index contributed by atoms with van der Waals surface area (Å²) in [6, 6.07) is 19.2. The normalized spacial score (nSPS) is 12.4. The van der Waals surface area contributed by atoms with Crippen molar-refractivity contribution in [2.75, 3.05) is 18.5 Å². The highest BCUT2D eigenvalue weighted by molar-refractivity contribution is 7.80. The zero-order chi connectivity index (χ0) is 22.1. The van der Waals surface area contributed by atoms with E-state index in [4.69, 9.17) is 26.7 Å². The van der Waals surface area contributed by atoms with Crippen LogP contribution in [0.3, 0.4) is 0 Å². The molecule has 8 heteroatoms. The number of amides is 1. The summed E-state index contributed by atoms with van der Waals surface area (Å²) in [6.45, 7) is 2.96. The highest BCUT2D eigenvalue weighted by atomic mass is 32.1. The van der Waals surface area contributed by atoms with Crippen LogP contribution in [0.4, 0.5) is 5.69 Å². The quantitative estimate of drug-likeness (QED) is 0.410. The number of thiocarbonyl (C=S) groups is 1. The minimum atomic E-state index is -0.316. The van der Waals surface area contributed by atoms with Crippen molar-refractivity contribution in [2.24, 2.45) is 0 Å². The first kappa shape index (κ1) is 20.4. The molecule has 1 aromatic heterocycles. The van der Waals surface area contributed by atoms with E-state index in [1.807, 2.05) is 37.3 Å². The summed E-state index contributed by atoms with van der Waals surface area (Å²) in [5.74, 6) is 0.879. The Bertz CT molecular complexity index is 1320. The molecule has 0 radical (unpaired) electrons. The van der Waals surface area contributed by atoms with Crippen LogP contribution in [0.1, 0.15) is 15.9 Å². The maximum Gasteiger partial charge on any atom is 0.257 e. The van der Waals surface area contributed by atoms with Crippen molar-refractivity contribution in [3.63, 3.8) is 0 Å². The van der Waals surface area contributed by atoms with E-state index in [1.54, 1.807) is 29.5 Å². The third kappa shape index (κ3) is 4.15. The molecule has 5 rings (SSSR count). The predicted octanol–water partition coefficient (Wildman–Crippen LogP) is 5.17. The minimum absolute atomic E-state index is 0.223. The maximum absolute atomic E-state index is 12.6. The molecule has 3 aromatic carbocycles. The molecule has 0 atom stereocenters. The molecule has 0 fully saturated rings. The Balaban J connectivity index is 1.27. The van der Waals surface area contributed by atoms with Crippen molar-refractivity contribution in [1.82, 2.24) is 10.3 Å². The van der Waals surface area contributed by atoms with Gasteiger partial charge in [-0.25, -0.2) is 4.98 Å². The van der Waals surface area contributed by atoms with Crippen molar-refractivity contribution in [1.29, 1.82) is 0 Å². The molecule has 0 bridgehead atoms. The summed E-state index contributed by atoms with van der Waals surface area (Å²) in [4.78, 5) is 17.3. The molecule has 4 aromatic rings. The standard InChI is InChI=1S/C24H19N3O3S2/c1-14-12-16(23-25-18-4-2-3-5-21(18)32-23)6-8-17(14)26-24(31)27-22(28)15-7-9-19-20(13-15)30-11-10-29-19/h2-9,12-13H,10-11H2,1H3,(H2,26,27,28,31). The highest BCUT2D eigenvalue weighted by Crippen LogP contribution is 2.32. The molecule has 0 saturated heterocycles. The van der Waals surface area contributed by atoms with Gasteiger partial charge in [-0.05, 0) is 73.2 Å². The lowest BCUT2D eigenvalue weighted by atomic mass is 10.1. The Morgan fingerprint density at radius 1 is 1.03 bits per heavy atom. The first-order valence-electron chi connectivity index (χ1n) is 10.1. The van der Waals surface area contributed by atoms with Gasteiger partial charge in [0.05, 0.1) is 10.2 Å². The Labute approximate surface area is 194 Å². The van der Waals surface area contributed by atoms with Crippen LogP contribution in [0.15, 0.2) is 60.7 Å². The average molecular weight is 462 g/mol. The van der Waals surface area contributed by atoms with E-state index < -0.39 is 0 Å². The number of aryl methyl sites for hydroxylation is 1. The lowest BCUT2D eigenvalue weighted by molar-refractivity contribution is 0.0976. The number of thiazole rings is 1. The zero-order valence-corrected chi connectivity index (χ0v) is 18.8. The summed E-state index contributed by atoms with van der Waals surface area (Å²) in [5, 5.41) is 7.01. The Hall–Kier alpha value is -3.49.